The molecular formula is C20H24N2O3. The maximum atomic E-state index is 12.6. The van der Waals surface area contributed by atoms with Crippen LogP contribution in [-0.2, 0) is 6.42 Å². The number of allylic oxidation sites excluding steroid dienone is 2. The molecule has 6 N–H and O–H groups in total. The predicted molar refractivity (Wildman–Crippen MR) is 99.6 cm³/mol. The first-order valence-corrected chi connectivity index (χ1v) is 8.11. The van der Waals surface area contributed by atoms with Crippen molar-refractivity contribution in [3.8, 4) is 11.5 Å². The Kier molecular flexibility index (Phi) is 5.83. The molecule has 0 aliphatic heterocycles. The first-order chi connectivity index (χ1) is 11.8. The molecule has 0 spiro atoms. The molecule has 5 heteroatoms. The molecule has 0 saturated carbocycles. The van der Waals surface area contributed by atoms with E-state index in [9.17, 15) is 15.0 Å². The highest BCUT2D eigenvalue weighted by atomic mass is 16.3. The van der Waals surface area contributed by atoms with Crippen molar-refractivity contribution in [2.75, 3.05) is 5.73 Å². The summed E-state index contributed by atoms with van der Waals surface area (Å²) in [4.78, 5) is 12.6. The first-order valence-electron chi connectivity index (χ1n) is 8.11. The number of carbonyl (C=O) groups is 1. The standard InChI is InChI=1S/C20H24N2O3/c1-12(2)3-8-15-17(21)10-9-16(20(15)25)19(24)11-18(22)13-4-6-14(23)7-5-13/h3-7,9-10,18,23,25H,8,11,21-22H2,1-2H3. The Balaban J connectivity index is 2.22. The molecule has 0 amide bonds. The Morgan fingerprint density at radius 2 is 1.76 bits per heavy atom. The zero-order valence-corrected chi connectivity index (χ0v) is 14.5. The molecule has 1 unspecified atom stereocenters. The minimum Gasteiger partial charge on any atom is -0.508 e. The highest BCUT2D eigenvalue weighted by molar-refractivity contribution is 6.00. The third-order valence-electron chi connectivity index (χ3n) is 4.06. The fourth-order valence-electron chi connectivity index (χ4n) is 2.55. The highest BCUT2D eigenvalue weighted by Crippen LogP contribution is 2.31. The van der Waals surface area contributed by atoms with Crippen LogP contribution in [-0.4, -0.2) is 16.0 Å². The summed E-state index contributed by atoms with van der Waals surface area (Å²) in [5.74, 6) is -0.195. The molecule has 0 fully saturated rings. The van der Waals surface area contributed by atoms with Gasteiger partial charge in [-0.05, 0) is 50.1 Å². The summed E-state index contributed by atoms with van der Waals surface area (Å²) in [5.41, 5.74) is 15.1. The number of aromatic hydroxyl groups is 2. The quantitative estimate of drug-likeness (QED) is 0.366. The van der Waals surface area contributed by atoms with Gasteiger partial charge in [-0.15, -0.1) is 0 Å². The summed E-state index contributed by atoms with van der Waals surface area (Å²) in [6, 6.07) is 9.05. The number of phenols is 2. The van der Waals surface area contributed by atoms with E-state index in [1.54, 1.807) is 18.2 Å². The van der Waals surface area contributed by atoms with Gasteiger partial charge in [0.2, 0.25) is 0 Å². The van der Waals surface area contributed by atoms with E-state index in [-0.39, 0.29) is 29.3 Å². The van der Waals surface area contributed by atoms with E-state index in [1.165, 1.54) is 18.2 Å². The molecular weight excluding hydrogens is 316 g/mol. The van der Waals surface area contributed by atoms with Crippen LogP contribution in [0.3, 0.4) is 0 Å². The van der Waals surface area contributed by atoms with E-state index in [1.807, 2.05) is 19.9 Å². The molecule has 0 saturated heterocycles. The lowest BCUT2D eigenvalue weighted by atomic mass is 9.95. The largest absolute Gasteiger partial charge is 0.508 e. The van der Waals surface area contributed by atoms with E-state index < -0.39 is 6.04 Å². The summed E-state index contributed by atoms with van der Waals surface area (Å²) >= 11 is 0. The second-order valence-corrected chi connectivity index (χ2v) is 6.34. The molecule has 0 aliphatic rings. The van der Waals surface area contributed by atoms with E-state index >= 15 is 0 Å². The van der Waals surface area contributed by atoms with Crippen LogP contribution in [0, 0.1) is 0 Å². The number of carbonyl (C=O) groups excluding carboxylic acids is 1. The topological polar surface area (TPSA) is 110 Å². The van der Waals surface area contributed by atoms with Gasteiger partial charge in [-0.1, -0.05) is 23.8 Å². The van der Waals surface area contributed by atoms with Gasteiger partial charge >= 0.3 is 0 Å². The third kappa shape index (κ3) is 4.61. The highest BCUT2D eigenvalue weighted by Gasteiger charge is 2.19. The molecule has 0 heterocycles. The summed E-state index contributed by atoms with van der Waals surface area (Å²) in [5, 5.41) is 19.8. The maximum absolute atomic E-state index is 12.6. The van der Waals surface area contributed by atoms with E-state index in [4.69, 9.17) is 11.5 Å². The summed E-state index contributed by atoms with van der Waals surface area (Å²) < 4.78 is 0. The normalized spacial score (nSPS) is 11.8. The van der Waals surface area contributed by atoms with Gasteiger partial charge in [-0.3, -0.25) is 4.79 Å². The number of hydrogen-bond donors (Lipinski definition) is 4. The SMILES string of the molecule is CC(C)=CCc1c(N)ccc(C(=O)CC(N)c2ccc(O)cc2)c1O. The van der Waals surface area contributed by atoms with Gasteiger partial charge in [0.25, 0.3) is 0 Å². The molecule has 2 rings (SSSR count). The van der Waals surface area contributed by atoms with Crippen LogP contribution in [0.25, 0.3) is 0 Å². The summed E-state index contributed by atoms with van der Waals surface area (Å²) in [6.07, 6.45) is 2.46. The molecule has 0 aliphatic carbocycles. The van der Waals surface area contributed by atoms with Gasteiger partial charge in [0.15, 0.2) is 5.78 Å². The summed E-state index contributed by atoms with van der Waals surface area (Å²) in [6.45, 7) is 3.91. The molecule has 1 atom stereocenters. The van der Waals surface area contributed by atoms with Crippen LogP contribution in [0.2, 0.25) is 0 Å². The lowest BCUT2D eigenvalue weighted by molar-refractivity contribution is 0.0971. The lowest BCUT2D eigenvalue weighted by Gasteiger charge is -2.14. The minimum absolute atomic E-state index is 0.0460. The van der Waals surface area contributed by atoms with Crippen LogP contribution in [0.15, 0.2) is 48.0 Å². The zero-order valence-electron chi connectivity index (χ0n) is 14.5. The zero-order chi connectivity index (χ0) is 18.6. The van der Waals surface area contributed by atoms with Gasteiger partial charge in [0, 0.05) is 23.7 Å². The van der Waals surface area contributed by atoms with E-state index in [0.29, 0.717) is 17.7 Å². The number of nitrogens with two attached hydrogens (primary N) is 2. The Morgan fingerprint density at radius 1 is 1.12 bits per heavy atom. The predicted octanol–water partition coefficient (Wildman–Crippen LogP) is 3.46. The molecule has 25 heavy (non-hydrogen) atoms. The fraction of sp³-hybridized carbons (Fsp3) is 0.250. The average molecular weight is 340 g/mol. The molecule has 2 aromatic carbocycles. The van der Waals surface area contributed by atoms with Crippen molar-refractivity contribution >= 4 is 11.5 Å². The number of anilines is 1. The van der Waals surface area contributed by atoms with Gasteiger partial charge in [-0.2, -0.15) is 0 Å². The Morgan fingerprint density at radius 3 is 2.36 bits per heavy atom. The van der Waals surface area contributed by atoms with Crippen molar-refractivity contribution < 1.29 is 15.0 Å². The number of phenolic OH excluding ortho intramolecular Hbond substituents is 2. The van der Waals surface area contributed by atoms with Crippen molar-refractivity contribution in [1.29, 1.82) is 0 Å². The molecule has 132 valence electrons. The second-order valence-electron chi connectivity index (χ2n) is 6.34. The number of benzene rings is 2. The number of rotatable bonds is 6. The van der Waals surface area contributed by atoms with Crippen molar-refractivity contribution in [3.05, 3.63) is 64.7 Å². The molecule has 0 radical (unpaired) electrons. The van der Waals surface area contributed by atoms with Gasteiger partial charge in [0.05, 0.1) is 5.56 Å². The van der Waals surface area contributed by atoms with Crippen LogP contribution >= 0.6 is 0 Å². The van der Waals surface area contributed by atoms with Crippen molar-refractivity contribution in [2.45, 2.75) is 32.7 Å². The Labute approximate surface area is 147 Å². The molecule has 5 nitrogen and oxygen atoms in total. The number of hydrogen-bond acceptors (Lipinski definition) is 5. The van der Waals surface area contributed by atoms with Crippen LogP contribution in [0.1, 0.15) is 47.8 Å². The van der Waals surface area contributed by atoms with Gasteiger partial charge in [-0.25, -0.2) is 0 Å². The van der Waals surface area contributed by atoms with Crippen LogP contribution in [0.5, 0.6) is 11.5 Å². The van der Waals surface area contributed by atoms with Gasteiger partial charge < -0.3 is 21.7 Å². The minimum atomic E-state index is -0.522. The molecule has 0 bridgehead atoms. The number of ketones is 1. The Bertz CT molecular complexity index is 791. The second kappa shape index (κ2) is 7.85. The van der Waals surface area contributed by atoms with Crippen molar-refractivity contribution in [2.24, 2.45) is 5.73 Å². The van der Waals surface area contributed by atoms with Crippen LogP contribution in [0.4, 0.5) is 5.69 Å². The first kappa shape index (κ1) is 18.5. The monoisotopic (exact) mass is 340 g/mol. The lowest BCUT2D eigenvalue weighted by Crippen LogP contribution is -2.16. The number of nitrogen functional groups attached to an aromatic ring is 1. The Hall–Kier alpha value is -2.79. The molecule has 0 aromatic heterocycles. The third-order valence-corrected chi connectivity index (χ3v) is 4.06. The van der Waals surface area contributed by atoms with Crippen LogP contribution < -0.4 is 11.5 Å². The van der Waals surface area contributed by atoms with Gasteiger partial charge in [0.1, 0.15) is 11.5 Å². The fourth-order valence-corrected chi connectivity index (χ4v) is 2.55. The van der Waals surface area contributed by atoms with Crippen molar-refractivity contribution in [1.82, 2.24) is 0 Å². The molecule has 2 aromatic rings. The smallest absolute Gasteiger partial charge is 0.168 e. The average Bonchev–Trinajstić information content (AvgIpc) is 2.54. The maximum Gasteiger partial charge on any atom is 0.168 e. The van der Waals surface area contributed by atoms with E-state index in [0.717, 1.165) is 11.1 Å². The summed E-state index contributed by atoms with van der Waals surface area (Å²) in [7, 11) is 0. The van der Waals surface area contributed by atoms with E-state index in [2.05, 4.69) is 0 Å². The van der Waals surface area contributed by atoms with Crippen molar-refractivity contribution in [3.63, 3.8) is 0 Å². The number of Topliss-reactive ketones (excluding diaryl/α,β-unsaturated/α-hetero) is 1.